The molecular formula is C26H24ClN3. The zero-order valence-corrected chi connectivity index (χ0v) is 18.1. The number of rotatable bonds is 3. The van der Waals surface area contributed by atoms with Crippen molar-refractivity contribution in [2.24, 2.45) is 0 Å². The van der Waals surface area contributed by atoms with Crippen molar-refractivity contribution in [1.29, 1.82) is 0 Å². The minimum atomic E-state index is 0.171. The first-order valence-corrected chi connectivity index (χ1v) is 10.5. The molecule has 0 spiro atoms. The van der Waals surface area contributed by atoms with E-state index in [0.29, 0.717) is 0 Å². The Kier molecular flexibility index (Phi) is 4.56. The fourth-order valence-electron chi connectivity index (χ4n) is 4.31. The number of para-hydroxylation sites is 1. The van der Waals surface area contributed by atoms with Crippen molar-refractivity contribution in [3.63, 3.8) is 0 Å². The summed E-state index contributed by atoms with van der Waals surface area (Å²) in [7, 11) is 6.28. The molecule has 0 radical (unpaired) electrons. The van der Waals surface area contributed by atoms with Gasteiger partial charge in [-0.05, 0) is 53.6 Å². The van der Waals surface area contributed by atoms with Gasteiger partial charge in [0, 0.05) is 42.5 Å². The lowest BCUT2D eigenvalue weighted by molar-refractivity contribution is 0.654. The van der Waals surface area contributed by atoms with E-state index in [-0.39, 0.29) is 6.04 Å². The summed E-state index contributed by atoms with van der Waals surface area (Å²) in [5, 5.41) is 6.82. The molecule has 30 heavy (non-hydrogen) atoms. The smallest absolute Gasteiger partial charge is 0.0906 e. The molecule has 0 amide bonds. The summed E-state index contributed by atoms with van der Waals surface area (Å²) in [6.45, 7) is 0. The van der Waals surface area contributed by atoms with Gasteiger partial charge >= 0.3 is 0 Å². The zero-order chi connectivity index (χ0) is 20.8. The molecule has 1 aromatic heterocycles. The third-order valence-electron chi connectivity index (χ3n) is 5.89. The molecule has 5 rings (SSSR count). The third kappa shape index (κ3) is 3.06. The van der Waals surface area contributed by atoms with Crippen LogP contribution in [0.15, 0.2) is 72.8 Å². The third-order valence-corrected chi connectivity index (χ3v) is 6.14. The standard InChI is InChI=1S/C26H24ClN3/c1-28(2)21-14-8-18(9-15-21)16-23-22-6-4-5-7-24(22)30-26(23)17-25(29(30)3)19-10-12-20(27)13-11-19/h4-17,25H,1-3H3. The predicted molar refractivity (Wildman–Crippen MR) is 128 cm³/mol. The van der Waals surface area contributed by atoms with Gasteiger partial charge in [-0.3, -0.25) is 4.68 Å². The molecule has 3 nitrogen and oxygen atoms in total. The van der Waals surface area contributed by atoms with E-state index in [1.807, 2.05) is 12.1 Å². The Morgan fingerprint density at radius 1 is 0.900 bits per heavy atom. The number of hydrogen-bond donors (Lipinski definition) is 0. The molecule has 4 heteroatoms. The second-order valence-electron chi connectivity index (χ2n) is 7.99. The molecule has 0 bridgehead atoms. The fraction of sp³-hybridized carbons (Fsp3) is 0.154. The molecule has 150 valence electrons. The van der Waals surface area contributed by atoms with Gasteiger partial charge in [0.2, 0.25) is 0 Å². The van der Waals surface area contributed by atoms with E-state index in [9.17, 15) is 0 Å². The van der Waals surface area contributed by atoms with Gasteiger partial charge in [0.15, 0.2) is 0 Å². The van der Waals surface area contributed by atoms with Crippen molar-refractivity contribution < 1.29 is 0 Å². The first-order chi connectivity index (χ1) is 14.5. The molecule has 3 aromatic carbocycles. The molecular weight excluding hydrogens is 390 g/mol. The molecule has 1 unspecified atom stereocenters. The van der Waals surface area contributed by atoms with Gasteiger partial charge in [-0.15, -0.1) is 0 Å². The van der Waals surface area contributed by atoms with Gasteiger partial charge in [-0.1, -0.05) is 54.1 Å². The SMILES string of the molecule is CN(C)c1ccc(C=c2c3n(c4ccccc24)N(C)C(c2ccc(Cl)cc2)C=3)cc1. The summed E-state index contributed by atoms with van der Waals surface area (Å²) in [5.41, 5.74) is 4.86. The molecule has 1 aliphatic rings. The topological polar surface area (TPSA) is 11.4 Å². The van der Waals surface area contributed by atoms with Gasteiger partial charge in [0.05, 0.1) is 16.9 Å². The van der Waals surface area contributed by atoms with Gasteiger partial charge < -0.3 is 9.91 Å². The summed E-state index contributed by atoms with van der Waals surface area (Å²) in [5.74, 6) is 0. The lowest BCUT2D eigenvalue weighted by Gasteiger charge is -2.25. The molecule has 1 atom stereocenters. The van der Waals surface area contributed by atoms with Crippen molar-refractivity contribution in [2.45, 2.75) is 6.04 Å². The first-order valence-electron chi connectivity index (χ1n) is 10.1. The van der Waals surface area contributed by atoms with Crippen molar-refractivity contribution >= 4 is 40.3 Å². The predicted octanol–water partition coefficient (Wildman–Crippen LogP) is 4.29. The highest BCUT2D eigenvalue weighted by Crippen LogP contribution is 2.26. The van der Waals surface area contributed by atoms with E-state index in [1.54, 1.807) is 0 Å². The van der Waals surface area contributed by atoms with Crippen LogP contribution in [0, 0.1) is 0 Å². The lowest BCUT2D eigenvalue weighted by atomic mass is 10.1. The van der Waals surface area contributed by atoms with Gasteiger partial charge in [-0.25, -0.2) is 0 Å². The second-order valence-corrected chi connectivity index (χ2v) is 8.43. The normalized spacial score (nSPS) is 16.1. The minimum Gasteiger partial charge on any atom is -0.378 e. The number of anilines is 1. The van der Waals surface area contributed by atoms with Crippen LogP contribution in [0.1, 0.15) is 17.2 Å². The highest BCUT2D eigenvalue weighted by atomic mass is 35.5. The average Bonchev–Trinajstić information content (AvgIpc) is 3.25. The van der Waals surface area contributed by atoms with Crippen molar-refractivity contribution in [3.05, 3.63) is 99.5 Å². The fourth-order valence-corrected chi connectivity index (χ4v) is 4.43. The van der Waals surface area contributed by atoms with Crippen LogP contribution >= 0.6 is 11.6 Å². The number of halogens is 1. The van der Waals surface area contributed by atoms with Crippen LogP contribution < -0.4 is 20.5 Å². The first kappa shape index (κ1) is 18.8. The summed E-state index contributed by atoms with van der Waals surface area (Å²) in [6.07, 6.45) is 4.64. The Morgan fingerprint density at radius 2 is 1.60 bits per heavy atom. The summed E-state index contributed by atoms with van der Waals surface area (Å²) >= 11 is 6.11. The summed E-state index contributed by atoms with van der Waals surface area (Å²) in [4.78, 5) is 2.12. The number of fused-ring (bicyclic) bond motifs is 3. The van der Waals surface area contributed by atoms with Gasteiger partial charge in [-0.2, -0.15) is 0 Å². The summed E-state index contributed by atoms with van der Waals surface area (Å²) < 4.78 is 2.33. The highest BCUT2D eigenvalue weighted by Gasteiger charge is 2.24. The Labute approximate surface area is 181 Å². The van der Waals surface area contributed by atoms with Crippen LogP contribution in [0.2, 0.25) is 5.02 Å². The molecule has 2 heterocycles. The number of benzene rings is 3. The van der Waals surface area contributed by atoms with E-state index in [4.69, 9.17) is 11.6 Å². The van der Waals surface area contributed by atoms with Crippen molar-refractivity contribution in [3.8, 4) is 0 Å². The average molecular weight is 414 g/mol. The Hall–Kier alpha value is -3.17. The number of aromatic nitrogens is 1. The maximum atomic E-state index is 6.11. The zero-order valence-electron chi connectivity index (χ0n) is 17.4. The van der Waals surface area contributed by atoms with Gasteiger partial charge in [0.25, 0.3) is 0 Å². The molecule has 0 fully saturated rings. The second kappa shape index (κ2) is 7.26. The lowest BCUT2D eigenvalue weighted by Crippen LogP contribution is -2.35. The quantitative estimate of drug-likeness (QED) is 0.496. The van der Waals surface area contributed by atoms with Crippen LogP contribution in [0.25, 0.3) is 23.1 Å². The maximum Gasteiger partial charge on any atom is 0.0906 e. The summed E-state index contributed by atoms with van der Waals surface area (Å²) in [6, 6.07) is 25.6. The van der Waals surface area contributed by atoms with Gasteiger partial charge in [0.1, 0.15) is 0 Å². The molecule has 4 aromatic rings. The van der Waals surface area contributed by atoms with Crippen molar-refractivity contribution in [1.82, 2.24) is 4.68 Å². The number of nitrogens with zero attached hydrogens (tertiary/aromatic N) is 3. The minimum absolute atomic E-state index is 0.171. The largest absolute Gasteiger partial charge is 0.378 e. The highest BCUT2D eigenvalue weighted by molar-refractivity contribution is 6.30. The van der Waals surface area contributed by atoms with Crippen LogP contribution in [-0.4, -0.2) is 25.8 Å². The van der Waals surface area contributed by atoms with E-state index in [1.165, 1.54) is 38.3 Å². The molecule has 0 aliphatic carbocycles. The van der Waals surface area contributed by atoms with E-state index < -0.39 is 0 Å². The monoisotopic (exact) mass is 413 g/mol. The van der Waals surface area contributed by atoms with Crippen LogP contribution in [-0.2, 0) is 0 Å². The van der Waals surface area contributed by atoms with E-state index >= 15 is 0 Å². The van der Waals surface area contributed by atoms with Crippen molar-refractivity contribution in [2.75, 3.05) is 31.1 Å². The van der Waals surface area contributed by atoms with Crippen LogP contribution in [0.4, 0.5) is 5.69 Å². The van der Waals surface area contributed by atoms with Crippen LogP contribution in [0.5, 0.6) is 0 Å². The van der Waals surface area contributed by atoms with Crippen LogP contribution in [0.3, 0.4) is 0 Å². The molecule has 1 aliphatic heterocycles. The van der Waals surface area contributed by atoms with E-state index in [2.05, 4.69) is 109 Å². The van der Waals surface area contributed by atoms with E-state index in [0.717, 1.165) is 5.02 Å². The molecule has 0 N–H and O–H groups in total. The Morgan fingerprint density at radius 3 is 2.30 bits per heavy atom. The Bertz CT molecular complexity index is 1330. The Balaban J connectivity index is 1.71. The number of hydrogen-bond acceptors (Lipinski definition) is 2. The molecule has 0 saturated heterocycles. The molecule has 0 saturated carbocycles. The maximum absolute atomic E-state index is 6.11.